The van der Waals surface area contributed by atoms with Crippen LogP contribution in [0.3, 0.4) is 0 Å². The molecule has 4 atom stereocenters. The number of nitrogens with two attached hydrogens (primary N) is 1. The molecule has 2 saturated heterocycles. The maximum Gasteiger partial charge on any atom is 0.333 e. The number of aromatic nitrogens is 4. The lowest BCUT2D eigenvalue weighted by molar-refractivity contribution is -0.196. The molecule has 14 heteroatoms. The van der Waals surface area contributed by atoms with E-state index < -0.39 is 40.6 Å². The second kappa shape index (κ2) is 6.76. The SMILES string of the molecule is CSc1nn([C@@H]2O[C@H](CNS(=O)(=O)O)[C@H]3OC(C)(C)O[C@H]32)c2ncnc(N)c12. The maximum absolute atomic E-state index is 11.1. The van der Waals surface area contributed by atoms with Gasteiger partial charge in [0.1, 0.15) is 35.5 Å². The number of anilines is 1. The topological polar surface area (TPSA) is 164 Å². The molecule has 0 bridgehead atoms. The van der Waals surface area contributed by atoms with Crippen molar-refractivity contribution in [2.75, 3.05) is 18.5 Å². The zero-order chi connectivity index (χ0) is 20.3. The number of nitrogen functional groups attached to an aromatic ring is 1. The largest absolute Gasteiger partial charge is 0.383 e. The molecule has 0 saturated carbocycles. The highest BCUT2D eigenvalue weighted by atomic mass is 32.2. The first-order valence-electron chi connectivity index (χ1n) is 8.35. The Labute approximate surface area is 165 Å². The van der Waals surface area contributed by atoms with Crippen molar-refractivity contribution < 1.29 is 27.2 Å². The van der Waals surface area contributed by atoms with Gasteiger partial charge in [0, 0.05) is 6.54 Å². The maximum atomic E-state index is 11.1. The van der Waals surface area contributed by atoms with E-state index in [0.717, 1.165) is 0 Å². The molecule has 0 aromatic carbocycles. The zero-order valence-electron chi connectivity index (χ0n) is 15.3. The van der Waals surface area contributed by atoms with Gasteiger partial charge in [0.15, 0.2) is 17.7 Å². The van der Waals surface area contributed by atoms with Crippen LogP contribution >= 0.6 is 11.8 Å². The van der Waals surface area contributed by atoms with Crippen molar-refractivity contribution in [1.29, 1.82) is 0 Å². The smallest absolute Gasteiger partial charge is 0.333 e. The first kappa shape index (κ1) is 19.8. The number of ether oxygens (including phenoxy) is 3. The molecule has 0 amide bonds. The Bertz CT molecular complexity index is 1010. The van der Waals surface area contributed by atoms with Crippen LogP contribution in [0, 0.1) is 0 Å². The minimum absolute atomic E-state index is 0.193. The number of nitrogens with zero attached hydrogens (tertiary/aromatic N) is 4. The fourth-order valence-corrected chi connectivity index (χ4v) is 4.44. The van der Waals surface area contributed by atoms with Crippen LogP contribution in [-0.2, 0) is 24.5 Å². The molecule has 4 rings (SSSR count). The van der Waals surface area contributed by atoms with E-state index in [9.17, 15) is 8.42 Å². The van der Waals surface area contributed by atoms with Gasteiger partial charge in [0.05, 0.1) is 5.39 Å². The van der Waals surface area contributed by atoms with Crippen LogP contribution in [0.1, 0.15) is 20.1 Å². The van der Waals surface area contributed by atoms with Crippen LogP contribution in [0.15, 0.2) is 11.4 Å². The average molecular weight is 432 g/mol. The number of rotatable bonds is 5. The Kier molecular flexibility index (Phi) is 4.77. The molecule has 0 radical (unpaired) electrons. The third kappa shape index (κ3) is 3.45. The monoisotopic (exact) mass is 432 g/mol. The lowest BCUT2D eigenvalue weighted by Gasteiger charge is -2.24. The van der Waals surface area contributed by atoms with Crippen molar-refractivity contribution in [1.82, 2.24) is 24.5 Å². The Balaban J connectivity index is 1.73. The Morgan fingerprint density at radius 3 is 2.75 bits per heavy atom. The Morgan fingerprint density at radius 1 is 1.36 bits per heavy atom. The Hall–Kier alpha value is -1.55. The molecule has 4 heterocycles. The molecule has 2 fully saturated rings. The number of thioether (sulfide) groups is 1. The van der Waals surface area contributed by atoms with Crippen molar-refractivity contribution >= 4 is 38.9 Å². The fraction of sp³-hybridized carbons (Fsp3) is 0.643. The zero-order valence-corrected chi connectivity index (χ0v) is 16.9. The van der Waals surface area contributed by atoms with E-state index in [4.69, 9.17) is 24.5 Å². The fourth-order valence-electron chi connectivity index (χ4n) is 3.49. The van der Waals surface area contributed by atoms with Crippen LogP contribution in [0.4, 0.5) is 5.82 Å². The van der Waals surface area contributed by atoms with E-state index in [1.54, 1.807) is 18.5 Å². The highest BCUT2D eigenvalue weighted by Crippen LogP contribution is 2.44. The first-order valence-corrected chi connectivity index (χ1v) is 11.0. The van der Waals surface area contributed by atoms with Gasteiger partial charge < -0.3 is 19.9 Å². The van der Waals surface area contributed by atoms with Gasteiger partial charge in [-0.05, 0) is 20.1 Å². The van der Waals surface area contributed by atoms with Gasteiger partial charge in [0.25, 0.3) is 0 Å². The summed E-state index contributed by atoms with van der Waals surface area (Å²) in [4.78, 5) is 8.30. The minimum atomic E-state index is -4.38. The van der Waals surface area contributed by atoms with E-state index in [-0.39, 0.29) is 6.54 Å². The minimum Gasteiger partial charge on any atom is -0.383 e. The predicted molar refractivity (Wildman–Crippen MR) is 98.8 cm³/mol. The highest BCUT2D eigenvalue weighted by molar-refractivity contribution is 7.98. The van der Waals surface area contributed by atoms with Gasteiger partial charge in [-0.15, -0.1) is 11.8 Å². The third-order valence-electron chi connectivity index (χ3n) is 4.51. The summed E-state index contributed by atoms with van der Waals surface area (Å²) in [7, 11) is -4.38. The quantitative estimate of drug-likeness (QED) is 0.428. The molecule has 0 aliphatic carbocycles. The molecule has 0 spiro atoms. The lowest BCUT2D eigenvalue weighted by Crippen LogP contribution is -2.39. The molecule has 4 N–H and O–H groups in total. The van der Waals surface area contributed by atoms with E-state index in [1.165, 1.54) is 18.1 Å². The molecule has 2 aromatic heterocycles. The van der Waals surface area contributed by atoms with E-state index in [0.29, 0.717) is 21.9 Å². The standard InChI is InChI=1S/C14H20N6O6S2/c1-14(2)25-8-6(4-18-28(21,22)23)24-13(9(8)26-14)20-11-7(12(19-20)27-3)10(15)16-5-17-11/h5-6,8-9,13,18H,4H2,1-3H3,(H2,15,16,17)(H,21,22,23)/t6-,8-,9-,13-/m1/s1. The normalized spacial score (nSPS) is 29.4. The van der Waals surface area contributed by atoms with Gasteiger partial charge in [0.2, 0.25) is 0 Å². The van der Waals surface area contributed by atoms with Crippen LogP contribution < -0.4 is 10.5 Å². The van der Waals surface area contributed by atoms with Gasteiger partial charge >= 0.3 is 10.3 Å². The lowest BCUT2D eigenvalue weighted by atomic mass is 10.1. The van der Waals surface area contributed by atoms with Gasteiger partial charge in [-0.2, -0.15) is 18.2 Å². The number of nitrogens with one attached hydrogen (secondary N) is 1. The second-order valence-corrected chi connectivity index (χ2v) is 8.90. The summed E-state index contributed by atoms with van der Waals surface area (Å²) in [6.45, 7) is 3.32. The summed E-state index contributed by atoms with van der Waals surface area (Å²) in [6, 6.07) is 0. The molecule has 28 heavy (non-hydrogen) atoms. The summed E-state index contributed by atoms with van der Waals surface area (Å²) in [5.41, 5.74) is 6.47. The van der Waals surface area contributed by atoms with Crippen molar-refractivity contribution in [3.8, 4) is 0 Å². The first-order chi connectivity index (χ1) is 13.1. The number of hydrogen-bond donors (Lipinski definition) is 3. The molecule has 2 aromatic rings. The molecule has 154 valence electrons. The molecule has 2 aliphatic rings. The summed E-state index contributed by atoms with van der Waals surface area (Å²) >= 11 is 1.39. The van der Waals surface area contributed by atoms with Crippen molar-refractivity contribution in [2.24, 2.45) is 0 Å². The average Bonchev–Trinajstić information content (AvgIpc) is 3.21. The number of hydrogen-bond acceptors (Lipinski definition) is 10. The van der Waals surface area contributed by atoms with Crippen molar-refractivity contribution in [3.05, 3.63) is 6.33 Å². The molecule has 2 aliphatic heterocycles. The summed E-state index contributed by atoms with van der Waals surface area (Å²) < 4.78 is 52.6. The molecular weight excluding hydrogens is 412 g/mol. The van der Waals surface area contributed by atoms with Crippen molar-refractivity contribution in [2.45, 2.75) is 49.2 Å². The van der Waals surface area contributed by atoms with Crippen LogP contribution in [0.25, 0.3) is 11.0 Å². The summed E-state index contributed by atoms with van der Waals surface area (Å²) in [6.07, 6.45) is 0.586. The molecule has 0 unspecified atom stereocenters. The van der Waals surface area contributed by atoms with E-state index in [1.807, 2.05) is 11.0 Å². The summed E-state index contributed by atoms with van der Waals surface area (Å²) in [5, 5.41) is 5.79. The van der Waals surface area contributed by atoms with E-state index in [2.05, 4.69) is 15.1 Å². The third-order valence-corrected chi connectivity index (χ3v) is 5.72. The van der Waals surface area contributed by atoms with Crippen LogP contribution in [0.5, 0.6) is 0 Å². The molecular formula is C14H20N6O6S2. The highest BCUT2D eigenvalue weighted by Gasteiger charge is 2.56. The summed E-state index contributed by atoms with van der Waals surface area (Å²) in [5.74, 6) is -0.601. The van der Waals surface area contributed by atoms with Crippen LogP contribution in [-0.4, -0.2) is 69.6 Å². The number of fused-ring (bicyclic) bond motifs is 2. The molecule has 12 nitrogen and oxygen atoms in total. The van der Waals surface area contributed by atoms with Crippen molar-refractivity contribution in [3.63, 3.8) is 0 Å². The van der Waals surface area contributed by atoms with Gasteiger partial charge in [-0.25, -0.2) is 14.6 Å². The van der Waals surface area contributed by atoms with Gasteiger partial charge in [-0.3, -0.25) is 4.55 Å². The second-order valence-electron chi connectivity index (χ2n) is 6.86. The van der Waals surface area contributed by atoms with Gasteiger partial charge in [-0.1, -0.05) is 0 Å². The predicted octanol–water partition coefficient (Wildman–Crippen LogP) is -0.0597. The Morgan fingerprint density at radius 2 is 2.07 bits per heavy atom. The van der Waals surface area contributed by atoms with E-state index >= 15 is 0 Å². The van der Waals surface area contributed by atoms with Crippen LogP contribution in [0.2, 0.25) is 0 Å².